The average Bonchev–Trinajstić information content (AvgIpc) is 2.89. The molecular weight excluding hydrogens is 282 g/mol. The summed E-state index contributed by atoms with van der Waals surface area (Å²) in [5.41, 5.74) is 0.966. The second-order valence-electron chi connectivity index (χ2n) is 6.97. The lowest BCUT2D eigenvalue weighted by Crippen LogP contribution is -2.48. The van der Waals surface area contributed by atoms with Gasteiger partial charge < -0.3 is 9.80 Å². The number of thiophene rings is 1. The van der Waals surface area contributed by atoms with Crippen molar-refractivity contribution in [2.45, 2.75) is 44.4 Å². The van der Waals surface area contributed by atoms with Crippen molar-refractivity contribution in [2.75, 3.05) is 20.6 Å². The Labute approximate surface area is 131 Å². The Balaban J connectivity index is 1.93. The highest BCUT2D eigenvalue weighted by Crippen LogP contribution is 2.47. The number of amides is 1. The van der Waals surface area contributed by atoms with Gasteiger partial charge in [-0.15, -0.1) is 0 Å². The van der Waals surface area contributed by atoms with Crippen molar-refractivity contribution in [1.82, 2.24) is 15.1 Å². The molecule has 1 saturated carbocycles. The largest absolute Gasteiger partial charge is 0.317 e. The third-order valence-electron chi connectivity index (χ3n) is 4.62. The van der Waals surface area contributed by atoms with E-state index in [1.165, 1.54) is 5.56 Å². The molecule has 3 rings (SSSR count). The first-order chi connectivity index (χ1) is 9.94. The SMILES string of the molecule is CC(C)C(CN(C)C)N1C(=O)C2(CC2)NC1c1ccsc1. The highest BCUT2D eigenvalue weighted by molar-refractivity contribution is 7.08. The van der Waals surface area contributed by atoms with Crippen molar-refractivity contribution < 1.29 is 4.79 Å². The molecule has 1 amide bonds. The molecule has 0 radical (unpaired) electrons. The topological polar surface area (TPSA) is 35.6 Å². The van der Waals surface area contributed by atoms with Crippen LogP contribution in [0.1, 0.15) is 38.4 Å². The Morgan fingerprint density at radius 2 is 2.19 bits per heavy atom. The van der Waals surface area contributed by atoms with Gasteiger partial charge in [0.05, 0.1) is 0 Å². The van der Waals surface area contributed by atoms with E-state index in [9.17, 15) is 4.79 Å². The molecule has 116 valence electrons. The quantitative estimate of drug-likeness (QED) is 0.906. The molecule has 2 heterocycles. The lowest BCUT2D eigenvalue weighted by molar-refractivity contribution is -0.134. The van der Waals surface area contributed by atoms with E-state index in [0.29, 0.717) is 11.8 Å². The third-order valence-corrected chi connectivity index (χ3v) is 5.32. The number of rotatable bonds is 5. The number of nitrogens with zero attached hydrogens (tertiary/aromatic N) is 2. The van der Waals surface area contributed by atoms with Crippen LogP contribution < -0.4 is 5.32 Å². The summed E-state index contributed by atoms with van der Waals surface area (Å²) in [4.78, 5) is 17.3. The molecule has 1 aromatic heterocycles. The summed E-state index contributed by atoms with van der Waals surface area (Å²) in [5, 5.41) is 7.87. The molecule has 1 aliphatic carbocycles. The van der Waals surface area contributed by atoms with Crippen LogP contribution >= 0.6 is 11.3 Å². The van der Waals surface area contributed by atoms with Gasteiger partial charge in [-0.2, -0.15) is 11.3 Å². The van der Waals surface area contributed by atoms with Crippen molar-refractivity contribution in [3.8, 4) is 0 Å². The molecule has 5 heteroatoms. The van der Waals surface area contributed by atoms with Crippen LogP contribution in [0.4, 0.5) is 0 Å². The van der Waals surface area contributed by atoms with E-state index in [1.54, 1.807) is 11.3 Å². The standard InChI is InChI=1S/C16H25N3OS/c1-11(2)13(9-18(3)4)19-14(12-5-8-21-10-12)17-16(6-7-16)15(19)20/h5,8,10-11,13-14,17H,6-7,9H2,1-4H3. The normalized spacial score (nSPS) is 25.3. The van der Waals surface area contributed by atoms with Gasteiger partial charge in [0.1, 0.15) is 11.7 Å². The fraction of sp³-hybridized carbons (Fsp3) is 0.688. The highest BCUT2D eigenvalue weighted by atomic mass is 32.1. The van der Waals surface area contributed by atoms with Crippen LogP contribution in [0.3, 0.4) is 0 Å². The van der Waals surface area contributed by atoms with Gasteiger partial charge in [0.2, 0.25) is 5.91 Å². The van der Waals surface area contributed by atoms with E-state index in [2.05, 4.69) is 59.9 Å². The van der Waals surface area contributed by atoms with Gasteiger partial charge in [0.15, 0.2) is 0 Å². The lowest BCUT2D eigenvalue weighted by Gasteiger charge is -2.36. The highest BCUT2D eigenvalue weighted by Gasteiger charge is 2.60. The Morgan fingerprint density at radius 1 is 1.48 bits per heavy atom. The molecule has 2 unspecified atom stereocenters. The first-order valence-corrected chi connectivity index (χ1v) is 8.66. The molecule has 1 aliphatic heterocycles. The minimum Gasteiger partial charge on any atom is -0.317 e. The number of carbonyl (C=O) groups excluding carboxylic acids is 1. The predicted octanol–water partition coefficient (Wildman–Crippen LogP) is 2.30. The number of hydrogen-bond donors (Lipinski definition) is 1. The molecule has 1 N–H and O–H groups in total. The zero-order valence-electron chi connectivity index (χ0n) is 13.3. The van der Waals surface area contributed by atoms with Gasteiger partial charge in [-0.25, -0.2) is 0 Å². The zero-order chi connectivity index (χ0) is 15.2. The molecule has 2 fully saturated rings. The molecule has 21 heavy (non-hydrogen) atoms. The molecule has 0 bridgehead atoms. The van der Waals surface area contributed by atoms with Crippen molar-refractivity contribution in [3.63, 3.8) is 0 Å². The first-order valence-electron chi connectivity index (χ1n) is 7.72. The summed E-state index contributed by atoms with van der Waals surface area (Å²) in [6.45, 7) is 5.33. The first kappa shape index (κ1) is 15.0. The smallest absolute Gasteiger partial charge is 0.244 e. The van der Waals surface area contributed by atoms with E-state index >= 15 is 0 Å². The minimum absolute atomic E-state index is 0.0404. The maximum Gasteiger partial charge on any atom is 0.244 e. The summed E-state index contributed by atoms with van der Waals surface area (Å²) in [7, 11) is 4.16. The Hall–Kier alpha value is -0.910. The number of likely N-dealkylation sites (N-methyl/N-ethyl adjacent to an activating group) is 1. The zero-order valence-corrected chi connectivity index (χ0v) is 14.1. The second-order valence-corrected chi connectivity index (χ2v) is 7.75. The Morgan fingerprint density at radius 3 is 2.67 bits per heavy atom. The van der Waals surface area contributed by atoms with E-state index in [-0.39, 0.29) is 17.7 Å². The van der Waals surface area contributed by atoms with Gasteiger partial charge in [0.25, 0.3) is 0 Å². The maximum absolute atomic E-state index is 13.0. The third kappa shape index (κ3) is 2.62. The summed E-state index contributed by atoms with van der Waals surface area (Å²) in [5.74, 6) is 0.743. The molecule has 4 nitrogen and oxygen atoms in total. The number of hydrogen-bond acceptors (Lipinski definition) is 4. The molecule has 1 spiro atoms. The molecule has 2 aliphatic rings. The molecule has 1 aromatic rings. The summed E-state index contributed by atoms with van der Waals surface area (Å²) in [6.07, 6.45) is 2.00. The number of nitrogens with one attached hydrogen (secondary N) is 1. The lowest BCUT2D eigenvalue weighted by atomic mass is 10.0. The van der Waals surface area contributed by atoms with Crippen molar-refractivity contribution in [3.05, 3.63) is 22.4 Å². The van der Waals surface area contributed by atoms with Gasteiger partial charge in [-0.3, -0.25) is 10.1 Å². The van der Waals surface area contributed by atoms with Gasteiger partial charge in [0, 0.05) is 12.6 Å². The van der Waals surface area contributed by atoms with E-state index in [0.717, 1.165) is 19.4 Å². The fourth-order valence-corrected chi connectivity index (χ4v) is 3.93. The van der Waals surface area contributed by atoms with Crippen LogP contribution in [0.25, 0.3) is 0 Å². The summed E-state index contributed by atoms with van der Waals surface area (Å²) >= 11 is 1.70. The van der Waals surface area contributed by atoms with Crippen LogP contribution in [0, 0.1) is 5.92 Å². The van der Waals surface area contributed by atoms with Crippen LogP contribution in [0.2, 0.25) is 0 Å². The van der Waals surface area contributed by atoms with Gasteiger partial charge in [-0.1, -0.05) is 13.8 Å². The predicted molar refractivity (Wildman–Crippen MR) is 86.2 cm³/mol. The van der Waals surface area contributed by atoms with Crippen molar-refractivity contribution in [1.29, 1.82) is 0 Å². The van der Waals surface area contributed by atoms with Crippen LogP contribution in [-0.4, -0.2) is 47.9 Å². The number of carbonyl (C=O) groups is 1. The van der Waals surface area contributed by atoms with Crippen molar-refractivity contribution >= 4 is 17.2 Å². The van der Waals surface area contributed by atoms with Crippen LogP contribution in [-0.2, 0) is 4.79 Å². The monoisotopic (exact) mass is 307 g/mol. The van der Waals surface area contributed by atoms with E-state index in [1.807, 2.05) is 0 Å². The Kier molecular flexibility index (Phi) is 3.84. The minimum atomic E-state index is -0.258. The molecule has 1 saturated heterocycles. The fourth-order valence-electron chi connectivity index (χ4n) is 3.25. The van der Waals surface area contributed by atoms with Crippen LogP contribution in [0.15, 0.2) is 16.8 Å². The van der Waals surface area contributed by atoms with E-state index < -0.39 is 0 Å². The van der Waals surface area contributed by atoms with Crippen LogP contribution in [0.5, 0.6) is 0 Å². The molecule has 2 atom stereocenters. The maximum atomic E-state index is 13.0. The van der Waals surface area contributed by atoms with Crippen molar-refractivity contribution in [2.24, 2.45) is 5.92 Å². The second kappa shape index (κ2) is 5.38. The Bertz CT molecular complexity index is 508. The average molecular weight is 307 g/mol. The van der Waals surface area contributed by atoms with E-state index in [4.69, 9.17) is 0 Å². The molecule has 0 aromatic carbocycles. The summed E-state index contributed by atoms with van der Waals surface area (Å²) in [6, 6.07) is 2.38. The summed E-state index contributed by atoms with van der Waals surface area (Å²) < 4.78 is 0. The molecular formula is C16H25N3OS. The van der Waals surface area contributed by atoms with Gasteiger partial charge >= 0.3 is 0 Å². The van der Waals surface area contributed by atoms with Gasteiger partial charge in [-0.05, 0) is 55.2 Å².